The predicted molar refractivity (Wildman–Crippen MR) is 104 cm³/mol. The maximum atomic E-state index is 12.9. The number of nitrogen functional groups attached to an aromatic ring is 1. The zero-order valence-corrected chi connectivity index (χ0v) is 15.9. The van der Waals surface area contributed by atoms with Gasteiger partial charge in [0.15, 0.2) is 5.78 Å². The Hall–Kier alpha value is -1.50. The summed E-state index contributed by atoms with van der Waals surface area (Å²) in [7, 11) is 2.13. The molecule has 0 bridgehead atoms. The van der Waals surface area contributed by atoms with Gasteiger partial charge in [-0.05, 0) is 50.8 Å². The zero-order valence-electron chi connectivity index (χ0n) is 15.1. The number of carbonyl (C=O) groups is 1. The van der Waals surface area contributed by atoms with E-state index in [1.807, 2.05) is 0 Å². The molecule has 0 unspecified atom stereocenters. The van der Waals surface area contributed by atoms with Gasteiger partial charge in [0.25, 0.3) is 0 Å². The number of hydrogen-bond donors (Lipinski definition) is 1. The number of rotatable bonds is 3. The number of ketones is 1. The van der Waals surface area contributed by atoms with Crippen molar-refractivity contribution < 1.29 is 4.79 Å². The van der Waals surface area contributed by atoms with Gasteiger partial charge in [-0.15, -0.1) is 11.3 Å². The van der Waals surface area contributed by atoms with E-state index in [0.29, 0.717) is 17.1 Å². The average molecular weight is 359 g/mol. The molecular formula is C19H26N4OS. The summed E-state index contributed by atoms with van der Waals surface area (Å²) >= 11 is 1.49. The summed E-state index contributed by atoms with van der Waals surface area (Å²) in [5.74, 6) is 0.146. The molecule has 1 aliphatic heterocycles. The summed E-state index contributed by atoms with van der Waals surface area (Å²) in [5.41, 5.74) is 11.0. The summed E-state index contributed by atoms with van der Waals surface area (Å²) in [6.45, 7) is 6.48. The number of nitrogens with two attached hydrogens (primary N) is 1. The lowest BCUT2D eigenvalue weighted by Gasteiger charge is -2.31. The van der Waals surface area contributed by atoms with Crippen LogP contribution >= 0.6 is 11.3 Å². The Bertz CT molecular complexity index is 821. The van der Waals surface area contributed by atoms with Gasteiger partial charge in [-0.2, -0.15) is 0 Å². The van der Waals surface area contributed by atoms with E-state index in [-0.39, 0.29) is 5.78 Å². The van der Waals surface area contributed by atoms with Gasteiger partial charge >= 0.3 is 0 Å². The van der Waals surface area contributed by atoms with E-state index in [4.69, 9.17) is 10.7 Å². The molecule has 25 heavy (non-hydrogen) atoms. The third-order valence-electron chi connectivity index (χ3n) is 5.62. The van der Waals surface area contributed by atoms with Crippen molar-refractivity contribution in [3.05, 3.63) is 21.7 Å². The minimum absolute atomic E-state index is 0.146. The molecule has 0 amide bonds. The highest BCUT2D eigenvalue weighted by Gasteiger charge is 2.25. The third-order valence-corrected chi connectivity index (χ3v) is 6.76. The van der Waals surface area contributed by atoms with Crippen LogP contribution in [0.3, 0.4) is 0 Å². The van der Waals surface area contributed by atoms with E-state index >= 15 is 0 Å². The molecule has 2 aromatic heterocycles. The number of Topliss-reactive ketones (excluding diaryl/α,β-unsaturated/α-hetero) is 1. The van der Waals surface area contributed by atoms with Crippen molar-refractivity contribution in [2.75, 3.05) is 45.5 Å². The highest BCUT2D eigenvalue weighted by molar-refractivity contribution is 7.21. The number of hydrogen-bond acceptors (Lipinski definition) is 6. The highest BCUT2D eigenvalue weighted by atomic mass is 32.1. The van der Waals surface area contributed by atoms with E-state index in [0.717, 1.165) is 54.9 Å². The Labute approximate surface area is 152 Å². The number of anilines is 1. The van der Waals surface area contributed by atoms with Crippen LogP contribution in [-0.4, -0.2) is 60.3 Å². The van der Waals surface area contributed by atoms with Crippen LogP contribution < -0.4 is 5.73 Å². The number of aromatic nitrogens is 1. The number of likely N-dealkylation sites (N-methyl/N-ethyl adjacent to an activating group) is 1. The van der Waals surface area contributed by atoms with Gasteiger partial charge in [0, 0.05) is 37.3 Å². The first-order valence-electron chi connectivity index (χ1n) is 9.19. The van der Waals surface area contributed by atoms with Gasteiger partial charge in [-0.1, -0.05) is 0 Å². The molecule has 2 aromatic rings. The van der Waals surface area contributed by atoms with Crippen LogP contribution in [0.15, 0.2) is 0 Å². The SMILES string of the molecule is Cc1nc2sc(C(=O)CN3CCN(C)CC3)c(N)c2c2c1CCCC2. The van der Waals surface area contributed by atoms with Crippen LogP contribution in [-0.2, 0) is 12.8 Å². The molecule has 0 atom stereocenters. The standard InChI is InChI=1S/C19H26N4OS/c1-12-13-5-3-4-6-14(13)16-17(20)18(25-19(16)21-12)15(24)11-23-9-7-22(2)8-10-23/h3-11,20H2,1-2H3. The van der Waals surface area contributed by atoms with Crippen LogP contribution in [0, 0.1) is 6.92 Å². The molecule has 6 heteroatoms. The predicted octanol–water partition coefficient (Wildman–Crippen LogP) is 2.50. The van der Waals surface area contributed by atoms with Crippen LogP contribution in [0.2, 0.25) is 0 Å². The summed E-state index contributed by atoms with van der Waals surface area (Å²) in [6.07, 6.45) is 4.57. The average Bonchev–Trinajstić information content (AvgIpc) is 2.94. The summed E-state index contributed by atoms with van der Waals surface area (Å²) < 4.78 is 0. The van der Waals surface area contributed by atoms with E-state index in [1.54, 1.807) is 0 Å². The summed E-state index contributed by atoms with van der Waals surface area (Å²) in [4.78, 5) is 23.8. The lowest BCUT2D eigenvalue weighted by atomic mass is 9.89. The zero-order chi connectivity index (χ0) is 17.6. The van der Waals surface area contributed by atoms with Crippen molar-refractivity contribution in [2.24, 2.45) is 0 Å². The van der Waals surface area contributed by atoms with Crippen molar-refractivity contribution in [1.29, 1.82) is 0 Å². The monoisotopic (exact) mass is 358 g/mol. The Morgan fingerprint density at radius 3 is 2.56 bits per heavy atom. The minimum atomic E-state index is 0.146. The number of fused-ring (bicyclic) bond motifs is 3. The maximum absolute atomic E-state index is 12.9. The maximum Gasteiger partial charge on any atom is 0.188 e. The van der Waals surface area contributed by atoms with E-state index in [1.165, 1.54) is 35.3 Å². The molecule has 1 aliphatic carbocycles. The molecule has 4 rings (SSSR count). The second-order valence-corrected chi connectivity index (χ2v) is 8.39. The van der Waals surface area contributed by atoms with Crippen molar-refractivity contribution in [1.82, 2.24) is 14.8 Å². The largest absolute Gasteiger partial charge is 0.397 e. The second kappa shape index (κ2) is 6.67. The molecule has 1 fully saturated rings. The third kappa shape index (κ3) is 3.07. The number of carbonyl (C=O) groups excluding carboxylic acids is 1. The molecule has 0 radical (unpaired) electrons. The molecule has 5 nitrogen and oxygen atoms in total. The van der Waals surface area contributed by atoms with Crippen LogP contribution in [0.1, 0.15) is 39.3 Å². The van der Waals surface area contributed by atoms with Gasteiger partial charge in [0.2, 0.25) is 0 Å². The fourth-order valence-electron chi connectivity index (χ4n) is 4.09. The Kier molecular flexibility index (Phi) is 4.52. The number of aryl methyl sites for hydroxylation is 2. The lowest BCUT2D eigenvalue weighted by molar-refractivity contribution is 0.0881. The minimum Gasteiger partial charge on any atom is -0.397 e. The number of thiophene rings is 1. The first kappa shape index (κ1) is 16.9. The summed E-state index contributed by atoms with van der Waals surface area (Å²) in [6, 6.07) is 0. The number of nitrogens with zero attached hydrogens (tertiary/aromatic N) is 3. The quantitative estimate of drug-likeness (QED) is 0.854. The normalized spacial score (nSPS) is 19.3. The van der Waals surface area contributed by atoms with Crippen molar-refractivity contribution in [3.8, 4) is 0 Å². The van der Waals surface area contributed by atoms with Crippen molar-refractivity contribution in [3.63, 3.8) is 0 Å². The number of piperazine rings is 1. The highest BCUT2D eigenvalue weighted by Crippen LogP contribution is 2.39. The first-order valence-corrected chi connectivity index (χ1v) is 10.0. The number of pyridine rings is 1. The van der Waals surface area contributed by atoms with Gasteiger partial charge in [0.05, 0.1) is 17.1 Å². The smallest absolute Gasteiger partial charge is 0.188 e. The van der Waals surface area contributed by atoms with Crippen molar-refractivity contribution >= 4 is 33.0 Å². The van der Waals surface area contributed by atoms with Crippen molar-refractivity contribution in [2.45, 2.75) is 32.6 Å². The van der Waals surface area contributed by atoms with E-state index < -0.39 is 0 Å². The Balaban J connectivity index is 1.66. The lowest BCUT2D eigenvalue weighted by Crippen LogP contribution is -2.46. The van der Waals surface area contributed by atoms with Gasteiger partial charge in [0.1, 0.15) is 4.83 Å². The van der Waals surface area contributed by atoms with Gasteiger partial charge < -0.3 is 10.6 Å². The molecule has 3 heterocycles. The Morgan fingerprint density at radius 2 is 1.84 bits per heavy atom. The topological polar surface area (TPSA) is 62.5 Å². The molecule has 2 aliphatic rings. The van der Waals surface area contributed by atoms with E-state index in [2.05, 4.69) is 23.8 Å². The fraction of sp³-hybridized carbons (Fsp3) is 0.579. The summed E-state index contributed by atoms with van der Waals surface area (Å²) in [5, 5.41) is 1.06. The molecule has 2 N–H and O–H groups in total. The molecule has 0 spiro atoms. The molecule has 1 saturated heterocycles. The molecule has 0 aromatic carbocycles. The second-order valence-electron chi connectivity index (χ2n) is 7.39. The van der Waals surface area contributed by atoms with Crippen LogP contribution in [0.4, 0.5) is 5.69 Å². The first-order chi connectivity index (χ1) is 12.0. The Morgan fingerprint density at radius 1 is 1.16 bits per heavy atom. The van der Waals surface area contributed by atoms with Crippen LogP contribution in [0.25, 0.3) is 10.2 Å². The van der Waals surface area contributed by atoms with Gasteiger partial charge in [-0.25, -0.2) is 4.98 Å². The molecule has 134 valence electrons. The molecular weight excluding hydrogens is 332 g/mol. The van der Waals surface area contributed by atoms with Gasteiger partial charge in [-0.3, -0.25) is 9.69 Å². The van der Waals surface area contributed by atoms with Crippen LogP contribution in [0.5, 0.6) is 0 Å². The van der Waals surface area contributed by atoms with E-state index in [9.17, 15) is 4.79 Å². The molecule has 0 saturated carbocycles. The fourth-order valence-corrected chi connectivity index (χ4v) is 5.19.